The Balaban J connectivity index is 1.53. The van der Waals surface area contributed by atoms with Crippen LogP contribution in [-0.2, 0) is 32.5 Å². The molecule has 1 atom stereocenters. The fourth-order valence-electron chi connectivity index (χ4n) is 3.88. The van der Waals surface area contributed by atoms with Gasteiger partial charge in [0.2, 0.25) is 10.0 Å². The summed E-state index contributed by atoms with van der Waals surface area (Å²) in [5.74, 6) is -0.730. The Morgan fingerprint density at radius 3 is 2.59 bits per heavy atom. The van der Waals surface area contributed by atoms with Crippen LogP contribution in [0.1, 0.15) is 47.2 Å². The number of rotatable bonds is 4. The van der Waals surface area contributed by atoms with Crippen molar-refractivity contribution in [3.8, 4) is 0 Å². The molecule has 0 radical (unpaired) electrons. The van der Waals surface area contributed by atoms with Gasteiger partial charge in [0, 0.05) is 19.5 Å². The van der Waals surface area contributed by atoms with Gasteiger partial charge in [0.15, 0.2) is 11.9 Å². The van der Waals surface area contributed by atoms with E-state index in [0.717, 1.165) is 24.0 Å². The molecule has 2 aromatic rings. The van der Waals surface area contributed by atoms with E-state index in [4.69, 9.17) is 4.74 Å². The molecule has 2 aromatic carbocycles. The van der Waals surface area contributed by atoms with Gasteiger partial charge in [-0.15, -0.1) is 0 Å². The molecule has 7 heteroatoms. The van der Waals surface area contributed by atoms with Gasteiger partial charge in [0.05, 0.1) is 10.5 Å². The summed E-state index contributed by atoms with van der Waals surface area (Å²) in [4.78, 5) is 24.5. The minimum Gasteiger partial charge on any atom is -0.451 e. The molecule has 0 bridgehead atoms. The van der Waals surface area contributed by atoms with Gasteiger partial charge < -0.3 is 4.74 Å². The van der Waals surface area contributed by atoms with Crippen molar-refractivity contribution in [1.82, 2.24) is 4.31 Å². The average molecular weight is 413 g/mol. The topological polar surface area (TPSA) is 80.8 Å². The van der Waals surface area contributed by atoms with Gasteiger partial charge in [-0.2, -0.15) is 4.31 Å². The standard InChI is InChI=1S/C22H23NO5S/c24-20-10-3-4-11-21(20)28-22(25)17-8-5-9-19(14-17)29(26,27)23-13-12-16-6-1-2-7-18(16)15-23/h1-2,5-9,14,21H,3-4,10-13,15H2/t21-/m0/s1. The molecule has 29 heavy (non-hydrogen) atoms. The van der Waals surface area contributed by atoms with E-state index < -0.39 is 22.1 Å². The molecule has 2 aliphatic rings. The van der Waals surface area contributed by atoms with Crippen LogP contribution in [0.5, 0.6) is 0 Å². The number of carbonyl (C=O) groups is 2. The number of nitrogens with zero attached hydrogens (tertiary/aromatic N) is 1. The van der Waals surface area contributed by atoms with Gasteiger partial charge in [-0.05, 0) is 55.0 Å². The van der Waals surface area contributed by atoms with Crippen LogP contribution in [-0.4, -0.2) is 37.1 Å². The second kappa shape index (κ2) is 8.08. The van der Waals surface area contributed by atoms with Crippen LogP contribution in [0.4, 0.5) is 0 Å². The van der Waals surface area contributed by atoms with Crippen molar-refractivity contribution in [1.29, 1.82) is 0 Å². The molecule has 1 heterocycles. The normalized spacial score (nSPS) is 20.1. The number of fused-ring (bicyclic) bond motifs is 1. The molecule has 0 aromatic heterocycles. The van der Waals surface area contributed by atoms with E-state index in [-0.39, 0.29) is 16.2 Å². The zero-order valence-electron chi connectivity index (χ0n) is 16.0. The molecule has 0 N–H and O–H groups in total. The molecular formula is C22H23NO5S. The number of hydrogen-bond donors (Lipinski definition) is 0. The minimum absolute atomic E-state index is 0.0568. The monoisotopic (exact) mass is 413 g/mol. The Labute approximate surface area is 170 Å². The molecule has 152 valence electrons. The molecule has 0 saturated heterocycles. The summed E-state index contributed by atoms with van der Waals surface area (Å²) in [6.07, 6.45) is 2.53. The van der Waals surface area contributed by atoms with Crippen molar-refractivity contribution < 1.29 is 22.7 Å². The zero-order valence-corrected chi connectivity index (χ0v) is 16.9. The number of hydrogen-bond acceptors (Lipinski definition) is 5. The van der Waals surface area contributed by atoms with Crippen molar-refractivity contribution in [2.75, 3.05) is 6.54 Å². The zero-order chi connectivity index (χ0) is 20.4. The molecule has 1 saturated carbocycles. The summed E-state index contributed by atoms with van der Waals surface area (Å²) in [5, 5.41) is 0. The SMILES string of the molecule is O=C(O[C@H]1CCCCC1=O)c1cccc(S(=O)(=O)N2CCc3ccccc3C2)c1. The lowest BCUT2D eigenvalue weighted by atomic mass is 9.96. The van der Waals surface area contributed by atoms with Gasteiger partial charge in [-0.3, -0.25) is 4.79 Å². The number of esters is 1. The first-order valence-corrected chi connectivity index (χ1v) is 11.3. The predicted octanol–water partition coefficient (Wildman–Crippen LogP) is 3.10. The molecule has 1 aliphatic heterocycles. The fraction of sp³-hybridized carbons (Fsp3) is 0.364. The highest BCUT2D eigenvalue weighted by Crippen LogP contribution is 2.26. The van der Waals surface area contributed by atoms with E-state index in [1.165, 1.54) is 28.6 Å². The minimum atomic E-state index is -3.75. The molecule has 6 nitrogen and oxygen atoms in total. The summed E-state index contributed by atoms with van der Waals surface area (Å²) >= 11 is 0. The van der Waals surface area contributed by atoms with Gasteiger partial charge in [0.25, 0.3) is 0 Å². The Kier molecular flexibility index (Phi) is 5.52. The second-order valence-corrected chi connectivity index (χ2v) is 9.43. The third-order valence-corrected chi connectivity index (χ3v) is 7.39. The quantitative estimate of drug-likeness (QED) is 0.720. The van der Waals surface area contributed by atoms with E-state index in [9.17, 15) is 18.0 Å². The van der Waals surface area contributed by atoms with Crippen LogP contribution in [0.3, 0.4) is 0 Å². The molecule has 1 aliphatic carbocycles. The van der Waals surface area contributed by atoms with Crippen molar-refractivity contribution in [2.45, 2.75) is 49.6 Å². The Morgan fingerprint density at radius 1 is 1.00 bits per heavy atom. The largest absolute Gasteiger partial charge is 0.451 e. The summed E-state index contributed by atoms with van der Waals surface area (Å²) in [6.45, 7) is 0.703. The number of Topliss-reactive ketones (excluding diaryl/α,β-unsaturated/α-hetero) is 1. The van der Waals surface area contributed by atoms with E-state index in [1.807, 2.05) is 24.3 Å². The maximum Gasteiger partial charge on any atom is 0.338 e. The first-order chi connectivity index (χ1) is 13.9. The fourth-order valence-corrected chi connectivity index (χ4v) is 5.35. The average Bonchev–Trinajstić information content (AvgIpc) is 2.75. The molecule has 4 rings (SSSR count). The lowest BCUT2D eigenvalue weighted by molar-refractivity contribution is -0.129. The first-order valence-electron chi connectivity index (χ1n) is 9.86. The number of sulfonamides is 1. The van der Waals surface area contributed by atoms with Crippen molar-refractivity contribution in [3.63, 3.8) is 0 Å². The van der Waals surface area contributed by atoms with Gasteiger partial charge in [0.1, 0.15) is 0 Å². The summed E-state index contributed by atoms with van der Waals surface area (Å²) in [6, 6.07) is 13.7. The predicted molar refractivity (Wildman–Crippen MR) is 107 cm³/mol. The van der Waals surface area contributed by atoms with Crippen LogP contribution >= 0.6 is 0 Å². The lowest BCUT2D eigenvalue weighted by Gasteiger charge is -2.28. The molecule has 0 amide bonds. The van der Waals surface area contributed by atoms with Crippen molar-refractivity contribution >= 4 is 21.8 Å². The van der Waals surface area contributed by atoms with Crippen LogP contribution in [0.15, 0.2) is 53.4 Å². The van der Waals surface area contributed by atoms with Crippen LogP contribution in [0.2, 0.25) is 0 Å². The smallest absolute Gasteiger partial charge is 0.338 e. The number of carbonyl (C=O) groups excluding carboxylic acids is 2. The summed E-state index contributed by atoms with van der Waals surface area (Å²) in [7, 11) is -3.75. The highest BCUT2D eigenvalue weighted by molar-refractivity contribution is 7.89. The summed E-state index contributed by atoms with van der Waals surface area (Å²) < 4.78 is 33.1. The third-order valence-electron chi connectivity index (χ3n) is 5.55. The second-order valence-electron chi connectivity index (χ2n) is 7.49. The van der Waals surface area contributed by atoms with Crippen LogP contribution in [0.25, 0.3) is 0 Å². The van der Waals surface area contributed by atoms with Crippen LogP contribution < -0.4 is 0 Å². The van der Waals surface area contributed by atoms with Crippen LogP contribution in [0, 0.1) is 0 Å². The number of ketones is 1. The Bertz CT molecular complexity index is 1050. The maximum absolute atomic E-state index is 13.1. The highest BCUT2D eigenvalue weighted by atomic mass is 32.2. The first kappa shape index (κ1) is 19.8. The van der Waals surface area contributed by atoms with E-state index in [2.05, 4.69) is 0 Å². The Hall–Kier alpha value is -2.51. The van der Waals surface area contributed by atoms with E-state index >= 15 is 0 Å². The van der Waals surface area contributed by atoms with Gasteiger partial charge in [-0.25, -0.2) is 13.2 Å². The lowest BCUT2D eigenvalue weighted by Crippen LogP contribution is -2.36. The van der Waals surface area contributed by atoms with Gasteiger partial charge >= 0.3 is 5.97 Å². The maximum atomic E-state index is 13.1. The molecule has 0 unspecified atom stereocenters. The van der Waals surface area contributed by atoms with Gasteiger partial charge in [-0.1, -0.05) is 30.3 Å². The molecule has 0 spiro atoms. The summed E-state index contributed by atoms with van der Waals surface area (Å²) in [5.41, 5.74) is 2.30. The van der Waals surface area contributed by atoms with Crippen molar-refractivity contribution in [2.24, 2.45) is 0 Å². The Morgan fingerprint density at radius 2 is 1.79 bits per heavy atom. The third kappa shape index (κ3) is 4.11. The highest BCUT2D eigenvalue weighted by Gasteiger charge is 2.30. The molecule has 1 fully saturated rings. The molecular weight excluding hydrogens is 390 g/mol. The van der Waals surface area contributed by atoms with E-state index in [1.54, 1.807) is 0 Å². The number of ether oxygens (including phenoxy) is 1. The van der Waals surface area contributed by atoms with E-state index in [0.29, 0.717) is 32.4 Å². The number of benzene rings is 2. The van der Waals surface area contributed by atoms with Crippen molar-refractivity contribution in [3.05, 3.63) is 65.2 Å².